The number of nitrogens with one attached hydrogen (secondary N) is 2. The second kappa shape index (κ2) is 6.26. The number of hydrogen-bond donors (Lipinski definition) is 2. The van der Waals surface area contributed by atoms with Gasteiger partial charge in [-0.3, -0.25) is 4.68 Å². The molecule has 1 saturated heterocycles. The molecule has 2 rings (SSSR count). The van der Waals surface area contributed by atoms with Crippen molar-refractivity contribution < 1.29 is 9.53 Å². The molecule has 2 amide bonds. The number of nitrogens with zero attached hydrogens (tertiary/aromatic N) is 2. The molecule has 1 aliphatic rings. The molecule has 0 radical (unpaired) electrons. The molecule has 6 nitrogen and oxygen atoms in total. The van der Waals surface area contributed by atoms with Crippen LogP contribution in [0.4, 0.5) is 10.5 Å². The fourth-order valence-electron chi connectivity index (χ4n) is 2.19. The van der Waals surface area contributed by atoms with Gasteiger partial charge in [-0.25, -0.2) is 4.79 Å². The Labute approximate surface area is 119 Å². The summed E-state index contributed by atoms with van der Waals surface area (Å²) in [5.74, 6) is 0. The van der Waals surface area contributed by atoms with Gasteiger partial charge in [0.05, 0.1) is 24.5 Å². The Morgan fingerprint density at radius 1 is 1.50 bits per heavy atom. The molecule has 0 aliphatic carbocycles. The van der Waals surface area contributed by atoms with Gasteiger partial charge >= 0.3 is 6.03 Å². The van der Waals surface area contributed by atoms with Crippen LogP contribution >= 0.6 is 0 Å². The van der Waals surface area contributed by atoms with Gasteiger partial charge in [0.1, 0.15) is 0 Å². The molecule has 2 heterocycles. The van der Waals surface area contributed by atoms with Crippen LogP contribution in [0.5, 0.6) is 0 Å². The average Bonchev–Trinajstić information content (AvgIpc) is 2.75. The summed E-state index contributed by atoms with van der Waals surface area (Å²) >= 11 is 0. The van der Waals surface area contributed by atoms with Crippen LogP contribution in [0.2, 0.25) is 0 Å². The van der Waals surface area contributed by atoms with E-state index in [9.17, 15) is 4.79 Å². The average molecular weight is 280 g/mol. The van der Waals surface area contributed by atoms with Crippen LogP contribution in [0.3, 0.4) is 0 Å². The summed E-state index contributed by atoms with van der Waals surface area (Å²) in [5.41, 5.74) is 0.443. The van der Waals surface area contributed by atoms with Crippen LogP contribution in [-0.2, 0) is 11.3 Å². The third-order valence-corrected chi connectivity index (χ3v) is 3.04. The van der Waals surface area contributed by atoms with Crippen LogP contribution in [0, 0.1) is 0 Å². The van der Waals surface area contributed by atoms with Crippen LogP contribution in [0.25, 0.3) is 0 Å². The van der Waals surface area contributed by atoms with E-state index in [2.05, 4.69) is 15.7 Å². The van der Waals surface area contributed by atoms with Gasteiger partial charge in [0.25, 0.3) is 0 Å². The summed E-state index contributed by atoms with van der Waals surface area (Å²) < 4.78 is 7.50. The summed E-state index contributed by atoms with van der Waals surface area (Å²) in [6.07, 6.45) is 7.17. The van der Waals surface area contributed by atoms with Gasteiger partial charge in [-0.1, -0.05) is 0 Å². The second-order valence-electron chi connectivity index (χ2n) is 6.27. The minimum Gasteiger partial charge on any atom is -0.376 e. The Kier molecular flexibility index (Phi) is 4.65. The molecule has 1 aromatic rings. The normalized spacial score (nSPS) is 19.6. The minimum atomic E-state index is -0.254. The molecule has 2 N–H and O–H groups in total. The van der Waals surface area contributed by atoms with E-state index >= 15 is 0 Å². The highest BCUT2D eigenvalue weighted by molar-refractivity contribution is 5.89. The van der Waals surface area contributed by atoms with Gasteiger partial charge in [0.15, 0.2) is 0 Å². The van der Waals surface area contributed by atoms with Gasteiger partial charge < -0.3 is 15.4 Å². The van der Waals surface area contributed by atoms with Crippen LogP contribution < -0.4 is 10.6 Å². The smallest absolute Gasteiger partial charge is 0.319 e. The Bertz CT molecular complexity index is 444. The SMILES string of the molecule is CC(C)(C)NC(=O)Nc1cnn(C[C@@H]2CCCCO2)c1. The van der Waals surface area contributed by atoms with Crippen molar-refractivity contribution >= 4 is 11.7 Å². The number of aromatic nitrogens is 2. The third-order valence-electron chi connectivity index (χ3n) is 3.04. The van der Waals surface area contributed by atoms with Crippen LogP contribution in [0.1, 0.15) is 40.0 Å². The predicted octanol–water partition coefficient (Wildman–Crippen LogP) is 2.37. The van der Waals surface area contributed by atoms with Crippen molar-refractivity contribution in [1.29, 1.82) is 0 Å². The topological polar surface area (TPSA) is 68.2 Å². The van der Waals surface area contributed by atoms with Crippen LogP contribution in [0.15, 0.2) is 12.4 Å². The van der Waals surface area contributed by atoms with Crippen molar-refractivity contribution in [3.8, 4) is 0 Å². The van der Waals surface area contributed by atoms with Crippen molar-refractivity contribution in [2.75, 3.05) is 11.9 Å². The van der Waals surface area contributed by atoms with E-state index in [0.29, 0.717) is 5.69 Å². The van der Waals surface area contributed by atoms with Crippen molar-refractivity contribution in [3.05, 3.63) is 12.4 Å². The predicted molar refractivity (Wildman–Crippen MR) is 77.7 cm³/mol. The highest BCUT2D eigenvalue weighted by Crippen LogP contribution is 2.15. The monoisotopic (exact) mass is 280 g/mol. The zero-order valence-electron chi connectivity index (χ0n) is 12.5. The van der Waals surface area contributed by atoms with Crippen molar-refractivity contribution in [1.82, 2.24) is 15.1 Å². The van der Waals surface area contributed by atoms with Crippen molar-refractivity contribution in [2.45, 2.75) is 58.2 Å². The summed E-state index contributed by atoms with van der Waals surface area (Å²) in [5, 5.41) is 9.88. The molecule has 1 atom stereocenters. The third kappa shape index (κ3) is 4.85. The maximum absolute atomic E-state index is 11.7. The molecule has 0 unspecified atom stereocenters. The van der Waals surface area contributed by atoms with Crippen molar-refractivity contribution in [3.63, 3.8) is 0 Å². The quantitative estimate of drug-likeness (QED) is 0.893. The Balaban J connectivity index is 1.84. The first-order chi connectivity index (χ1) is 9.42. The molecule has 112 valence electrons. The number of rotatable bonds is 3. The van der Waals surface area contributed by atoms with E-state index in [-0.39, 0.29) is 17.7 Å². The van der Waals surface area contributed by atoms with Gasteiger partial charge in [-0.15, -0.1) is 0 Å². The zero-order chi connectivity index (χ0) is 14.6. The first kappa shape index (κ1) is 14.8. The Morgan fingerprint density at radius 3 is 2.95 bits per heavy atom. The Hall–Kier alpha value is -1.56. The largest absolute Gasteiger partial charge is 0.376 e. The van der Waals surface area contributed by atoms with E-state index in [1.165, 1.54) is 6.42 Å². The maximum atomic E-state index is 11.7. The summed E-state index contributed by atoms with van der Waals surface area (Å²) in [6.45, 7) is 7.40. The number of carbonyl (C=O) groups excluding carboxylic acids is 1. The molecule has 0 saturated carbocycles. The van der Waals surface area contributed by atoms with Gasteiger partial charge in [0, 0.05) is 18.3 Å². The standard InChI is InChI=1S/C14H24N4O2/c1-14(2,3)17-13(19)16-11-8-15-18(9-11)10-12-6-4-5-7-20-12/h8-9,12H,4-7,10H2,1-3H3,(H2,16,17,19)/t12-/m0/s1. The molecule has 0 aromatic carbocycles. The fourth-order valence-corrected chi connectivity index (χ4v) is 2.19. The number of carbonyl (C=O) groups is 1. The van der Waals surface area contributed by atoms with E-state index in [4.69, 9.17) is 4.74 Å². The molecule has 6 heteroatoms. The van der Waals surface area contributed by atoms with Gasteiger partial charge in [-0.05, 0) is 40.0 Å². The van der Waals surface area contributed by atoms with E-state index in [0.717, 1.165) is 26.0 Å². The molecule has 1 fully saturated rings. The summed E-state index contributed by atoms with van der Waals surface area (Å²) in [4.78, 5) is 11.7. The molecule has 1 aromatic heterocycles. The highest BCUT2D eigenvalue weighted by atomic mass is 16.5. The molecule has 0 spiro atoms. The lowest BCUT2D eigenvalue weighted by molar-refractivity contribution is 0.00401. The van der Waals surface area contributed by atoms with E-state index in [1.807, 2.05) is 31.6 Å². The molecule has 1 aliphatic heterocycles. The highest BCUT2D eigenvalue weighted by Gasteiger charge is 2.16. The maximum Gasteiger partial charge on any atom is 0.319 e. The Morgan fingerprint density at radius 2 is 2.30 bits per heavy atom. The van der Waals surface area contributed by atoms with Crippen molar-refractivity contribution in [2.24, 2.45) is 0 Å². The minimum absolute atomic E-state index is 0.217. The van der Waals surface area contributed by atoms with E-state index in [1.54, 1.807) is 6.20 Å². The first-order valence-corrected chi connectivity index (χ1v) is 7.15. The lowest BCUT2D eigenvalue weighted by Crippen LogP contribution is -2.43. The number of hydrogen-bond acceptors (Lipinski definition) is 3. The molecular weight excluding hydrogens is 256 g/mol. The lowest BCUT2D eigenvalue weighted by atomic mass is 10.1. The number of ether oxygens (including phenoxy) is 1. The molecule has 20 heavy (non-hydrogen) atoms. The fraction of sp³-hybridized carbons (Fsp3) is 0.714. The second-order valence-corrected chi connectivity index (χ2v) is 6.27. The van der Waals surface area contributed by atoms with Crippen LogP contribution in [-0.4, -0.2) is 34.1 Å². The van der Waals surface area contributed by atoms with Gasteiger partial charge in [0.2, 0.25) is 0 Å². The molecular formula is C14H24N4O2. The van der Waals surface area contributed by atoms with E-state index < -0.39 is 0 Å². The zero-order valence-corrected chi connectivity index (χ0v) is 12.5. The number of anilines is 1. The lowest BCUT2D eigenvalue weighted by Gasteiger charge is -2.22. The summed E-state index contributed by atoms with van der Waals surface area (Å²) in [6, 6.07) is -0.217. The number of urea groups is 1. The van der Waals surface area contributed by atoms with Gasteiger partial charge in [-0.2, -0.15) is 5.10 Å². The number of amides is 2. The first-order valence-electron chi connectivity index (χ1n) is 7.15. The molecule has 0 bridgehead atoms. The summed E-state index contributed by atoms with van der Waals surface area (Å²) in [7, 11) is 0.